The zero-order valence-corrected chi connectivity index (χ0v) is 13.0. The Hall–Kier alpha value is -0.680. The molecule has 0 aliphatic carbocycles. The Morgan fingerprint density at radius 2 is 2.32 bits per heavy atom. The van der Waals surface area contributed by atoms with E-state index in [1.807, 2.05) is 18.7 Å². The average molecular weight is 299 g/mol. The van der Waals surface area contributed by atoms with E-state index in [2.05, 4.69) is 21.4 Å². The van der Waals surface area contributed by atoms with Crippen molar-refractivity contribution in [1.29, 1.82) is 0 Å². The van der Waals surface area contributed by atoms with Gasteiger partial charge in [0.1, 0.15) is 11.3 Å². The minimum Gasteiger partial charge on any atom is -0.313 e. The molecule has 1 unspecified atom stereocenters. The van der Waals surface area contributed by atoms with Crippen molar-refractivity contribution in [2.24, 2.45) is 13.0 Å². The number of imidazole rings is 1. The topological polar surface area (TPSA) is 35.6 Å². The van der Waals surface area contributed by atoms with Crippen molar-refractivity contribution < 1.29 is 0 Å². The van der Waals surface area contributed by atoms with E-state index in [1.54, 1.807) is 0 Å². The Labute approximate surface area is 122 Å². The van der Waals surface area contributed by atoms with Gasteiger partial charge in [0, 0.05) is 25.9 Å². The fourth-order valence-corrected chi connectivity index (χ4v) is 4.27. The number of thioether (sulfide) groups is 1. The molecule has 1 saturated heterocycles. The Morgan fingerprint density at radius 3 is 3.00 bits per heavy atom. The zero-order valence-electron chi connectivity index (χ0n) is 11.4. The first kappa shape index (κ1) is 13.3. The molecular weight excluding hydrogens is 280 g/mol. The van der Waals surface area contributed by atoms with Gasteiger partial charge in [-0.05, 0) is 30.8 Å². The quantitative estimate of drug-likeness (QED) is 0.814. The van der Waals surface area contributed by atoms with Crippen LogP contribution >= 0.6 is 23.4 Å². The fourth-order valence-electron chi connectivity index (χ4n) is 2.83. The summed E-state index contributed by atoms with van der Waals surface area (Å²) in [5, 5.41) is 4.48. The van der Waals surface area contributed by atoms with Gasteiger partial charge in [-0.1, -0.05) is 0 Å². The van der Waals surface area contributed by atoms with E-state index in [1.165, 1.54) is 17.9 Å². The van der Waals surface area contributed by atoms with Crippen molar-refractivity contribution >= 4 is 34.5 Å². The standard InChI is InChI=1S/C13H19ClN4S/c1-9-12-13(17(2)16-9)18(11(15-12)3-5-14)7-10-4-6-19-8-10/h10H,3-8H2,1-2H3. The lowest BCUT2D eigenvalue weighted by Gasteiger charge is -2.13. The molecular formula is C13H19ClN4S. The third-order valence-corrected chi connectivity index (χ3v) is 5.17. The number of halogens is 1. The normalized spacial score (nSPS) is 19.6. The lowest BCUT2D eigenvalue weighted by molar-refractivity contribution is 0.483. The monoisotopic (exact) mass is 298 g/mol. The second-order valence-corrected chi connectivity index (χ2v) is 6.72. The lowest BCUT2D eigenvalue weighted by Crippen LogP contribution is -2.15. The molecule has 0 saturated carbocycles. The highest BCUT2D eigenvalue weighted by atomic mass is 35.5. The number of aryl methyl sites for hydroxylation is 3. The van der Waals surface area contributed by atoms with Crippen molar-refractivity contribution in [3.63, 3.8) is 0 Å². The van der Waals surface area contributed by atoms with Crippen molar-refractivity contribution in [2.45, 2.75) is 26.3 Å². The van der Waals surface area contributed by atoms with Gasteiger partial charge in [0.05, 0.1) is 5.69 Å². The molecule has 1 aliphatic heterocycles. The summed E-state index contributed by atoms with van der Waals surface area (Å²) in [5.41, 5.74) is 3.19. The number of fused-ring (bicyclic) bond motifs is 1. The molecule has 0 N–H and O–H groups in total. The van der Waals surface area contributed by atoms with Crippen molar-refractivity contribution in [3.05, 3.63) is 11.5 Å². The number of nitrogens with zero attached hydrogens (tertiary/aromatic N) is 4. The molecule has 0 spiro atoms. The van der Waals surface area contributed by atoms with E-state index in [0.717, 1.165) is 41.6 Å². The molecule has 1 aliphatic rings. The van der Waals surface area contributed by atoms with Gasteiger partial charge in [-0.15, -0.1) is 11.6 Å². The van der Waals surface area contributed by atoms with E-state index in [0.29, 0.717) is 5.88 Å². The molecule has 0 amide bonds. The minimum absolute atomic E-state index is 0.620. The molecule has 3 rings (SSSR count). The highest BCUT2D eigenvalue weighted by Gasteiger charge is 2.22. The van der Waals surface area contributed by atoms with Gasteiger partial charge in [0.15, 0.2) is 5.65 Å². The summed E-state index contributed by atoms with van der Waals surface area (Å²) in [4.78, 5) is 4.75. The van der Waals surface area contributed by atoms with E-state index >= 15 is 0 Å². The molecule has 0 radical (unpaired) electrons. The smallest absolute Gasteiger partial charge is 0.158 e. The lowest BCUT2D eigenvalue weighted by atomic mass is 10.1. The predicted molar refractivity (Wildman–Crippen MR) is 81.1 cm³/mol. The molecule has 1 fully saturated rings. The summed E-state index contributed by atoms with van der Waals surface area (Å²) in [6, 6.07) is 0. The summed E-state index contributed by atoms with van der Waals surface area (Å²) in [7, 11) is 2.00. The van der Waals surface area contributed by atoms with Crippen LogP contribution in [0.4, 0.5) is 0 Å². The molecule has 6 heteroatoms. The highest BCUT2D eigenvalue weighted by Crippen LogP contribution is 2.28. The molecule has 104 valence electrons. The largest absolute Gasteiger partial charge is 0.313 e. The van der Waals surface area contributed by atoms with E-state index in [4.69, 9.17) is 16.6 Å². The third kappa shape index (κ3) is 2.38. The van der Waals surface area contributed by atoms with Gasteiger partial charge >= 0.3 is 0 Å². The number of hydrogen-bond donors (Lipinski definition) is 0. The maximum atomic E-state index is 5.92. The molecule has 2 aromatic heterocycles. The van der Waals surface area contributed by atoms with Gasteiger partial charge in [0.2, 0.25) is 0 Å². The first-order chi connectivity index (χ1) is 9.20. The van der Waals surface area contributed by atoms with Gasteiger partial charge in [-0.25, -0.2) is 4.98 Å². The van der Waals surface area contributed by atoms with Crippen LogP contribution in [-0.2, 0) is 20.0 Å². The van der Waals surface area contributed by atoms with Crippen molar-refractivity contribution in [3.8, 4) is 0 Å². The van der Waals surface area contributed by atoms with E-state index in [-0.39, 0.29) is 0 Å². The number of alkyl halides is 1. The third-order valence-electron chi connectivity index (χ3n) is 3.75. The van der Waals surface area contributed by atoms with Crippen LogP contribution in [0.25, 0.3) is 11.2 Å². The SMILES string of the molecule is Cc1nn(C)c2c1nc(CCCl)n2CC1CCSC1. The Bertz CT molecular complexity index is 583. The molecule has 19 heavy (non-hydrogen) atoms. The van der Waals surface area contributed by atoms with Crippen LogP contribution in [0.3, 0.4) is 0 Å². The van der Waals surface area contributed by atoms with E-state index < -0.39 is 0 Å². The van der Waals surface area contributed by atoms with Crippen LogP contribution in [0.2, 0.25) is 0 Å². The maximum Gasteiger partial charge on any atom is 0.158 e. The first-order valence-corrected chi connectivity index (χ1v) is 8.42. The summed E-state index contributed by atoms with van der Waals surface area (Å²) >= 11 is 7.97. The van der Waals surface area contributed by atoms with E-state index in [9.17, 15) is 0 Å². The Kier molecular flexibility index (Phi) is 3.76. The van der Waals surface area contributed by atoms with Crippen LogP contribution < -0.4 is 0 Å². The van der Waals surface area contributed by atoms with Gasteiger partial charge in [0.25, 0.3) is 0 Å². The fraction of sp³-hybridized carbons (Fsp3) is 0.692. The molecule has 3 heterocycles. The van der Waals surface area contributed by atoms with Crippen LogP contribution in [0.15, 0.2) is 0 Å². The maximum absolute atomic E-state index is 5.92. The molecule has 0 aromatic carbocycles. The summed E-state index contributed by atoms with van der Waals surface area (Å²) < 4.78 is 4.30. The Morgan fingerprint density at radius 1 is 1.47 bits per heavy atom. The van der Waals surface area contributed by atoms with Gasteiger partial charge < -0.3 is 4.57 Å². The second-order valence-electron chi connectivity index (χ2n) is 5.19. The summed E-state index contributed by atoms with van der Waals surface area (Å²) in [6.45, 7) is 3.07. The van der Waals surface area contributed by atoms with Gasteiger partial charge in [-0.2, -0.15) is 16.9 Å². The molecule has 1 atom stereocenters. The summed E-state index contributed by atoms with van der Waals surface area (Å²) in [5.74, 6) is 5.04. The number of hydrogen-bond acceptors (Lipinski definition) is 3. The van der Waals surface area contributed by atoms with Gasteiger partial charge in [-0.3, -0.25) is 4.68 Å². The number of aromatic nitrogens is 4. The minimum atomic E-state index is 0.620. The van der Waals surface area contributed by atoms with Crippen LogP contribution in [0.1, 0.15) is 17.9 Å². The molecule has 2 aromatic rings. The molecule has 4 nitrogen and oxygen atoms in total. The van der Waals surface area contributed by atoms with Crippen LogP contribution in [0.5, 0.6) is 0 Å². The highest BCUT2D eigenvalue weighted by molar-refractivity contribution is 7.99. The first-order valence-electron chi connectivity index (χ1n) is 6.73. The van der Waals surface area contributed by atoms with Crippen LogP contribution in [-0.4, -0.2) is 36.7 Å². The number of rotatable bonds is 4. The zero-order chi connectivity index (χ0) is 13.4. The average Bonchev–Trinajstić information content (AvgIpc) is 3.04. The summed E-state index contributed by atoms with van der Waals surface area (Å²) in [6.07, 6.45) is 2.14. The second kappa shape index (κ2) is 5.37. The molecule has 0 bridgehead atoms. The van der Waals surface area contributed by atoms with Crippen molar-refractivity contribution in [2.75, 3.05) is 17.4 Å². The predicted octanol–water partition coefficient (Wildman–Crippen LogP) is 2.61. The van der Waals surface area contributed by atoms with Crippen LogP contribution in [0, 0.1) is 12.8 Å². The van der Waals surface area contributed by atoms with Crippen molar-refractivity contribution in [1.82, 2.24) is 19.3 Å². The Balaban J connectivity index is 2.04.